The van der Waals surface area contributed by atoms with Crippen LogP contribution >= 0.6 is 0 Å². The third kappa shape index (κ3) is 3.59. The Balaban J connectivity index is 1.65. The molecule has 134 valence electrons. The van der Waals surface area contributed by atoms with E-state index in [0.29, 0.717) is 18.8 Å². The number of benzene rings is 1. The Bertz CT molecular complexity index is 1000. The maximum Gasteiger partial charge on any atom is 0.270 e. The van der Waals surface area contributed by atoms with Gasteiger partial charge in [-0.1, -0.05) is 18.2 Å². The molecule has 2 heterocycles. The van der Waals surface area contributed by atoms with Gasteiger partial charge in [0.25, 0.3) is 11.5 Å². The number of carbonyl (C=O) groups is 1. The van der Waals surface area contributed by atoms with Crippen LogP contribution in [0.3, 0.4) is 0 Å². The molecule has 0 radical (unpaired) electrons. The van der Waals surface area contributed by atoms with Gasteiger partial charge in [-0.05, 0) is 49.6 Å². The molecule has 1 amide bonds. The fourth-order valence-electron chi connectivity index (χ4n) is 2.77. The molecule has 3 aromatic rings. The van der Waals surface area contributed by atoms with Gasteiger partial charge in [-0.3, -0.25) is 14.0 Å². The highest BCUT2D eigenvalue weighted by molar-refractivity contribution is 5.93. The van der Waals surface area contributed by atoms with E-state index in [4.69, 9.17) is 4.74 Å². The van der Waals surface area contributed by atoms with Gasteiger partial charge in [0.2, 0.25) is 0 Å². The first-order chi connectivity index (χ1) is 12.5. The van der Waals surface area contributed by atoms with Crippen LogP contribution in [0.2, 0.25) is 0 Å². The van der Waals surface area contributed by atoms with Gasteiger partial charge < -0.3 is 10.1 Å². The number of pyridine rings is 1. The number of ether oxygens (including phenoxy) is 1. The van der Waals surface area contributed by atoms with E-state index in [2.05, 4.69) is 10.3 Å². The van der Waals surface area contributed by atoms with Crippen molar-refractivity contribution in [1.82, 2.24) is 14.7 Å². The van der Waals surface area contributed by atoms with Crippen LogP contribution in [0.15, 0.2) is 47.5 Å². The summed E-state index contributed by atoms with van der Waals surface area (Å²) in [6.45, 7) is 6.49. The van der Waals surface area contributed by atoms with Crippen molar-refractivity contribution < 1.29 is 9.53 Å². The average molecular weight is 351 g/mol. The topological polar surface area (TPSA) is 72.7 Å². The van der Waals surface area contributed by atoms with Crippen molar-refractivity contribution in [2.45, 2.75) is 20.8 Å². The van der Waals surface area contributed by atoms with E-state index in [1.54, 1.807) is 18.3 Å². The first kappa shape index (κ1) is 17.7. The molecule has 26 heavy (non-hydrogen) atoms. The van der Waals surface area contributed by atoms with Gasteiger partial charge in [0, 0.05) is 12.4 Å². The lowest BCUT2D eigenvalue weighted by molar-refractivity contribution is 0.0945. The third-order valence-electron chi connectivity index (χ3n) is 4.15. The van der Waals surface area contributed by atoms with Crippen LogP contribution in [0.5, 0.6) is 5.75 Å². The summed E-state index contributed by atoms with van der Waals surface area (Å²) < 4.78 is 7.12. The summed E-state index contributed by atoms with van der Waals surface area (Å²) in [7, 11) is 0. The summed E-state index contributed by atoms with van der Waals surface area (Å²) in [4.78, 5) is 29.0. The molecule has 0 saturated heterocycles. The SMILES string of the molecule is Cc1ccn2c(=O)c(C(=O)NCCOc3c(C)cccc3C)cnc2c1. The maximum absolute atomic E-state index is 12.5. The Morgan fingerprint density at radius 3 is 2.65 bits per heavy atom. The molecule has 1 aromatic carbocycles. The summed E-state index contributed by atoms with van der Waals surface area (Å²) in [6, 6.07) is 9.52. The smallest absolute Gasteiger partial charge is 0.270 e. The minimum atomic E-state index is -0.456. The van der Waals surface area contributed by atoms with E-state index in [1.807, 2.05) is 39.0 Å². The molecule has 6 heteroatoms. The lowest BCUT2D eigenvalue weighted by Crippen LogP contribution is -2.34. The number of nitrogens with one attached hydrogen (secondary N) is 1. The molecule has 0 saturated carbocycles. The van der Waals surface area contributed by atoms with Gasteiger partial charge in [0.05, 0.1) is 6.54 Å². The zero-order valence-corrected chi connectivity index (χ0v) is 15.1. The second-order valence-electron chi connectivity index (χ2n) is 6.23. The van der Waals surface area contributed by atoms with Crippen LogP contribution in [0, 0.1) is 20.8 Å². The molecule has 0 bridgehead atoms. The van der Waals surface area contributed by atoms with Gasteiger partial charge in [0.15, 0.2) is 0 Å². The lowest BCUT2D eigenvalue weighted by atomic mass is 10.1. The predicted molar refractivity (Wildman–Crippen MR) is 99.9 cm³/mol. The van der Waals surface area contributed by atoms with Gasteiger partial charge in [-0.15, -0.1) is 0 Å². The third-order valence-corrected chi connectivity index (χ3v) is 4.15. The summed E-state index contributed by atoms with van der Waals surface area (Å²) in [5.74, 6) is 0.368. The first-order valence-corrected chi connectivity index (χ1v) is 8.42. The normalized spacial score (nSPS) is 10.7. The van der Waals surface area contributed by atoms with Crippen molar-refractivity contribution in [2.75, 3.05) is 13.2 Å². The molecule has 1 N–H and O–H groups in total. The number of hydrogen-bond donors (Lipinski definition) is 1. The number of rotatable bonds is 5. The molecule has 0 aliphatic rings. The zero-order chi connectivity index (χ0) is 18.7. The Morgan fingerprint density at radius 1 is 1.19 bits per heavy atom. The Hall–Kier alpha value is -3.15. The monoisotopic (exact) mass is 351 g/mol. The standard InChI is InChI=1S/C20H21N3O3/c1-13-7-9-23-17(11-13)22-12-16(20(23)25)19(24)21-8-10-26-18-14(2)5-4-6-15(18)3/h4-7,9,11-12H,8,10H2,1-3H3,(H,21,24). The lowest BCUT2D eigenvalue weighted by Gasteiger charge is -2.12. The number of hydrogen-bond acceptors (Lipinski definition) is 4. The van der Waals surface area contributed by atoms with E-state index in [9.17, 15) is 9.59 Å². The van der Waals surface area contributed by atoms with Gasteiger partial charge in [-0.2, -0.15) is 0 Å². The molecule has 0 aliphatic carbocycles. The minimum Gasteiger partial charge on any atom is -0.491 e. The van der Waals surface area contributed by atoms with Crippen molar-refractivity contribution in [3.63, 3.8) is 0 Å². The van der Waals surface area contributed by atoms with Crippen LogP contribution in [0.25, 0.3) is 5.65 Å². The summed E-state index contributed by atoms with van der Waals surface area (Å²) in [6.07, 6.45) is 2.94. The molecule has 3 rings (SSSR count). The Morgan fingerprint density at radius 2 is 1.92 bits per heavy atom. The maximum atomic E-state index is 12.5. The van der Waals surface area contributed by atoms with E-state index in [1.165, 1.54) is 10.6 Å². The fourth-order valence-corrected chi connectivity index (χ4v) is 2.77. The van der Waals surface area contributed by atoms with Gasteiger partial charge in [-0.25, -0.2) is 4.98 Å². The second kappa shape index (κ2) is 7.39. The minimum absolute atomic E-state index is 0.0124. The molecule has 2 aromatic heterocycles. The second-order valence-corrected chi connectivity index (χ2v) is 6.23. The molecule has 0 unspecified atom stereocenters. The number of aromatic nitrogens is 2. The highest BCUT2D eigenvalue weighted by Gasteiger charge is 2.13. The fraction of sp³-hybridized carbons (Fsp3) is 0.250. The van der Waals surface area contributed by atoms with Crippen molar-refractivity contribution >= 4 is 11.6 Å². The van der Waals surface area contributed by atoms with Crippen molar-refractivity contribution in [3.05, 3.63) is 75.3 Å². The molecule has 0 aliphatic heterocycles. The van der Waals surface area contributed by atoms with E-state index in [-0.39, 0.29) is 11.1 Å². The van der Waals surface area contributed by atoms with Crippen LogP contribution in [-0.4, -0.2) is 28.4 Å². The van der Waals surface area contributed by atoms with Crippen molar-refractivity contribution in [2.24, 2.45) is 0 Å². The predicted octanol–water partition coefficient (Wildman–Crippen LogP) is 2.43. The number of nitrogens with zero attached hydrogens (tertiary/aromatic N) is 2. The number of amides is 1. The summed E-state index contributed by atoms with van der Waals surface area (Å²) in [5.41, 5.74) is 3.23. The molecular formula is C20H21N3O3. The number of carbonyl (C=O) groups excluding carboxylic acids is 1. The van der Waals surface area contributed by atoms with E-state index >= 15 is 0 Å². The summed E-state index contributed by atoms with van der Waals surface area (Å²) >= 11 is 0. The van der Waals surface area contributed by atoms with E-state index < -0.39 is 5.91 Å². The largest absolute Gasteiger partial charge is 0.491 e. The first-order valence-electron chi connectivity index (χ1n) is 8.42. The van der Waals surface area contributed by atoms with E-state index in [0.717, 1.165) is 22.4 Å². The van der Waals surface area contributed by atoms with Crippen molar-refractivity contribution in [1.29, 1.82) is 0 Å². The van der Waals surface area contributed by atoms with Gasteiger partial charge >= 0.3 is 0 Å². The molecular weight excluding hydrogens is 330 g/mol. The average Bonchev–Trinajstić information content (AvgIpc) is 2.60. The highest BCUT2D eigenvalue weighted by Crippen LogP contribution is 2.21. The summed E-state index contributed by atoms with van der Waals surface area (Å²) in [5, 5.41) is 2.71. The number of para-hydroxylation sites is 1. The molecule has 6 nitrogen and oxygen atoms in total. The van der Waals surface area contributed by atoms with Gasteiger partial charge in [0.1, 0.15) is 23.6 Å². The number of aryl methyl sites for hydroxylation is 3. The zero-order valence-electron chi connectivity index (χ0n) is 15.1. The van der Waals surface area contributed by atoms with Crippen LogP contribution < -0.4 is 15.6 Å². The Labute approximate surface area is 151 Å². The van der Waals surface area contributed by atoms with Crippen LogP contribution in [0.4, 0.5) is 0 Å². The van der Waals surface area contributed by atoms with Crippen LogP contribution in [-0.2, 0) is 0 Å². The van der Waals surface area contributed by atoms with Crippen LogP contribution in [0.1, 0.15) is 27.0 Å². The quantitative estimate of drug-likeness (QED) is 0.717. The Kier molecular flexibility index (Phi) is 5.02. The molecule has 0 spiro atoms. The highest BCUT2D eigenvalue weighted by atomic mass is 16.5. The number of fused-ring (bicyclic) bond motifs is 1. The van der Waals surface area contributed by atoms with Crippen molar-refractivity contribution in [3.8, 4) is 5.75 Å². The molecule has 0 fully saturated rings. The molecule has 0 atom stereocenters.